The minimum Gasteiger partial charge on any atom is -0.390 e. The molecule has 1 unspecified atom stereocenters. The predicted octanol–water partition coefficient (Wildman–Crippen LogP) is 1.62. The Hall–Kier alpha value is -1.20. The molecule has 0 spiro atoms. The van der Waals surface area contributed by atoms with E-state index in [4.69, 9.17) is 0 Å². The molecule has 0 aromatic carbocycles. The fourth-order valence-corrected chi connectivity index (χ4v) is 2.69. The fraction of sp³-hybridized carbons (Fsp3) is 0.733. The van der Waals surface area contributed by atoms with Crippen LogP contribution >= 0.6 is 0 Å². The highest BCUT2D eigenvalue weighted by atomic mass is 16.3. The van der Waals surface area contributed by atoms with Gasteiger partial charge in [0.2, 0.25) is 0 Å². The van der Waals surface area contributed by atoms with Crippen molar-refractivity contribution in [2.45, 2.75) is 45.8 Å². The highest BCUT2D eigenvalue weighted by molar-refractivity contribution is 5.49. The molecule has 0 saturated carbocycles. The second-order valence-electron chi connectivity index (χ2n) is 5.86. The van der Waals surface area contributed by atoms with Crippen molar-refractivity contribution in [1.82, 2.24) is 14.9 Å². The molecule has 2 rings (SSSR count). The topological polar surface area (TPSA) is 52.5 Å². The van der Waals surface area contributed by atoms with Crippen LogP contribution in [-0.4, -0.2) is 52.7 Å². The van der Waals surface area contributed by atoms with Crippen molar-refractivity contribution in [2.24, 2.45) is 0 Å². The number of rotatable bonds is 4. The largest absolute Gasteiger partial charge is 0.390 e. The highest BCUT2D eigenvalue weighted by Gasteiger charge is 2.25. The Labute approximate surface area is 121 Å². The van der Waals surface area contributed by atoms with Gasteiger partial charge in [-0.05, 0) is 13.5 Å². The van der Waals surface area contributed by atoms with Gasteiger partial charge in [-0.2, -0.15) is 0 Å². The van der Waals surface area contributed by atoms with Crippen molar-refractivity contribution in [2.75, 3.05) is 31.6 Å². The summed E-state index contributed by atoms with van der Waals surface area (Å²) in [6.07, 6.45) is 3.01. The first-order valence-corrected chi connectivity index (χ1v) is 7.48. The molecule has 0 amide bonds. The van der Waals surface area contributed by atoms with Crippen LogP contribution in [0.3, 0.4) is 0 Å². The molecule has 0 radical (unpaired) electrons. The van der Waals surface area contributed by atoms with Gasteiger partial charge in [-0.1, -0.05) is 20.8 Å². The second kappa shape index (κ2) is 6.50. The zero-order valence-corrected chi connectivity index (χ0v) is 13.0. The zero-order valence-electron chi connectivity index (χ0n) is 13.0. The van der Waals surface area contributed by atoms with E-state index in [1.807, 2.05) is 6.20 Å². The summed E-state index contributed by atoms with van der Waals surface area (Å²) < 4.78 is 0. The van der Waals surface area contributed by atoms with Crippen molar-refractivity contribution < 1.29 is 5.11 Å². The Bertz CT molecular complexity index is 449. The van der Waals surface area contributed by atoms with Gasteiger partial charge in [0.15, 0.2) is 0 Å². The van der Waals surface area contributed by atoms with Crippen LogP contribution in [0.25, 0.3) is 0 Å². The number of aliphatic hydroxyl groups is 1. The molecule has 5 nitrogen and oxygen atoms in total. The summed E-state index contributed by atoms with van der Waals surface area (Å²) >= 11 is 0. The number of likely N-dealkylation sites (N-methyl/N-ethyl adjacent to an activating group) is 1. The van der Waals surface area contributed by atoms with E-state index in [-0.39, 0.29) is 12.5 Å². The summed E-state index contributed by atoms with van der Waals surface area (Å²) in [5.41, 5.74) is 1.74. The minimum absolute atomic E-state index is 0.0271. The van der Waals surface area contributed by atoms with Gasteiger partial charge in [0, 0.05) is 31.6 Å². The maximum atomic E-state index is 9.60. The van der Waals surface area contributed by atoms with Crippen molar-refractivity contribution in [1.29, 1.82) is 0 Å². The SMILES string of the molecule is CCC1CN(c2cnc(C(C)C)nc2CO)CCN1C. The van der Waals surface area contributed by atoms with Crippen LogP contribution in [0.5, 0.6) is 0 Å². The molecule has 1 aliphatic heterocycles. The van der Waals surface area contributed by atoms with Crippen molar-refractivity contribution in [3.63, 3.8) is 0 Å². The van der Waals surface area contributed by atoms with Gasteiger partial charge in [-0.3, -0.25) is 4.90 Å². The molecule has 1 atom stereocenters. The lowest BCUT2D eigenvalue weighted by molar-refractivity contribution is 0.212. The van der Waals surface area contributed by atoms with E-state index < -0.39 is 0 Å². The Morgan fingerprint density at radius 2 is 2.15 bits per heavy atom. The van der Waals surface area contributed by atoms with Gasteiger partial charge in [0.05, 0.1) is 24.2 Å². The van der Waals surface area contributed by atoms with Crippen molar-refractivity contribution >= 4 is 5.69 Å². The molecule has 20 heavy (non-hydrogen) atoms. The van der Waals surface area contributed by atoms with E-state index in [0.717, 1.165) is 43.3 Å². The Balaban J connectivity index is 2.23. The smallest absolute Gasteiger partial charge is 0.131 e. The van der Waals surface area contributed by atoms with Gasteiger partial charge in [-0.15, -0.1) is 0 Å². The monoisotopic (exact) mass is 278 g/mol. The first-order valence-electron chi connectivity index (χ1n) is 7.48. The quantitative estimate of drug-likeness (QED) is 0.907. The van der Waals surface area contributed by atoms with Crippen molar-refractivity contribution in [3.05, 3.63) is 17.7 Å². The van der Waals surface area contributed by atoms with Gasteiger partial charge in [0.1, 0.15) is 5.82 Å². The van der Waals surface area contributed by atoms with Gasteiger partial charge >= 0.3 is 0 Å². The van der Waals surface area contributed by atoms with Crippen LogP contribution in [-0.2, 0) is 6.61 Å². The van der Waals surface area contributed by atoms with E-state index >= 15 is 0 Å². The van der Waals surface area contributed by atoms with E-state index in [2.05, 4.69) is 47.6 Å². The van der Waals surface area contributed by atoms with E-state index in [0.29, 0.717) is 6.04 Å². The molecular formula is C15H26N4O. The normalized spacial score (nSPS) is 20.7. The summed E-state index contributed by atoms with van der Waals surface area (Å²) in [4.78, 5) is 13.7. The van der Waals surface area contributed by atoms with Crippen LogP contribution in [0.15, 0.2) is 6.20 Å². The average molecular weight is 278 g/mol. The van der Waals surface area contributed by atoms with Gasteiger partial charge in [0.25, 0.3) is 0 Å². The first kappa shape index (κ1) is 15.2. The third-order valence-corrected chi connectivity index (χ3v) is 4.12. The maximum Gasteiger partial charge on any atom is 0.131 e. The number of hydrogen-bond donors (Lipinski definition) is 1. The van der Waals surface area contributed by atoms with Crippen LogP contribution < -0.4 is 4.90 Å². The molecular weight excluding hydrogens is 252 g/mol. The molecule has 1 aromatic rings. The summed E-state index contributed by atoms with van der Waals surface area (Å²) in [6.45, 7) is 9.30. The molecule has 1 fully saturated rings. The molecule has 1 saturated heterocycles. The molecule has 1 aromatic heterocycles. The summed E-state index contributed by atoms with van der Waals surface area (Å²) in [5, 5.41) is 9.60. The zero-order chi connectivity index (χ0) is 14.7. The molecule has 5 heteroatoms. The molecule has 1 N–H and O–H groups in total. The number of hydrogen-bond acceptors (Lipinski definition) is 5. The van der Waals surface area contributed by atoms with Crippen LogP contribution in [0.1, 0.15) is 44.6 Å². The number of aromatic nitrogens is 2. The lowest BCUT2D eigenvalue weighted by atomic mass is 10.1. The number of aliphatic hydroxyl groups excluding tert-OH is 1. The standard InChI is InChI=1S/C15H26N4O/c1-5-12-9-19(7-6-18(12)4)14-8-16-15(11(2)3)17-13(14)10-20/h8,11-12,20H,5-7,9-10H2,1-4H3. The van der Waals surface area contributed by atoms with Crippen molar-refractivity contribution in [3.8, 4) is 0 Å². The fourth-order valence-electron chi connectivity index (χ4n) is 2.69. The molecule has 112 valence electrons. The first-order chi connectivity index (χ1) is 9.56. The number of nitrogens with zero attached hydrogens (tertiary/aromatic N) is 4. The third-order valence-electron chi connectivity index (χ3n) is 4.12. The molecule has 0 aliphatic carbocycles. The molecule has 2 heterocycles. The molecule has 0 bridgehead atoms. The number of anilines is 1. The van der Waals surface area contributed by atoms with Gasteiger partial charge in [-0.25, -0.2) is 9.97 Å². The maximum absolute atomic E-state index is 9.60. The van der Waals surface area contributed by atoms with Crippen LogP contribution in [0.2, 0.25) is 0 Å². The minimum atomic E-state index is -0.0271. The van der Waals surface area contributed by atoms with E-state index in [1.165, 1.54) is 0 Å². The van der Waals surface area contributed by atoms with E-state index in [1.54, 1.807) is 0 Å². The van der Waals surface area contributed by atoms with E-state index in [9.17, 15) is 5.11 Å². The Morgan fingerprint density at radius 1 is 1.40 bits per heavy atom. The Kier molecular flexibility index (Phi) is 4.94. The van der Waals surface area contributed by atoms with Crippen LogP contribution in [0.4, 0.5) is 5.69 Å². The van der Waals surface area contributed by atoms with Gasteiger partial charge < -0.3 is 10.0 Å². The predicted molar refractivity (Wildman–Crippen MR) is 81.0 cm³/mol. The summed E-state index contributed by atoms with van der Waals surface area (Å²) in [7, 11) is 2.18. The Morgan fingerprint density at radius 3 is 2.75 bits per heavy atom. The second-order valence-corrected chi connectivity index (χ2v) is 5.86. The summed E-state index contributed by atoms with van der Waals surface area (Å²) in [5.74, 6) is 1.09. The highest BCUT2D eigenvalue weighted by Crippen LogP contribution is 2.23. The van der Waals surface area contributed by atoms with Crippen LogP contribution in [0, 0.1) is 0 Å². The third kappa shape index (κ3) is 3.10. The molecule has 1 aliphatic rings. The summed E-state index contributed by atoms with van der Waals surface area (Å²) in [6, 6.07) is 0.556. The lowest BCUT2D eigenvalue weighted by Crippen LogP contribution is -2.51. The lowest BCUT2D eigenvalue weighted by Gasteiger charge is -2.40. The average Bonchev–Trinajstić information content (AvgIpc) is 2.47. The number of piperazine rings is 1.